The zero-order valence-electron chi connectivity index (χ0n) is 7.40. The van der Waals surface area contributed by atoms with Crippen molar-refractivity contribution in [2.24, 2.45) is 0 Å². The summed E-state index contributed by atoms with van der Waals surface area (Å²) in [4.78, 5) is 0. The van der Waals surface area contributed by atoms with Crippen molar-refractivity contribution in [2.45, 2.75) is 18.4 Å². The van der Waals surface area contributed by atoms with Crippen molar-refractivity contribution in [3.63, 3.8) is 0 Å². The van der Waals surface area contributed by atoms with Crippen LogP contribution in [0.5, 0.6) is 5.75 Å². The fraction of sp³-hybridized carbons (Fsp3) is 0.400. The van der Waals surface area contributed by atoms with Crippen LogP contribution in [-0.4, -0.2) is 11.5 Å². The number of rotatable bonds is 3. The normalized spacial score (nSPS) is 17.9. The van der Waals surface area contributed by atoms with Crippen LogP contribution in [0.2, 0.25) is 0 Å². The van der Waals surface area contributed by atoms with E-state index >= 15 is 0 Å². The van der Waals surface area contributed by atoms with Gasteiger partial charge in [-0.15, -0.1) is 11.6 Å². The van der Waals surface area contributed by atoms with Crippen LogP contribution in [0.1, 0.15) is 12.8 Å². The van der Waals surface area contributed by atoms with Crippen molar-refractivity contribution >= 4 is 27.5 Å². The fourth-order valence-electron chi connectivity index (χ4n) is 1.19. The number of hydrogen-bond donors (Lipinski definition) is 0. The summed E-state index contributed by atoms with van der Waals surface area (Å²) in [5.41, 5.74) is -0.309. The van der Waals surface area contributed by atoms with Gasteiger partial charge in [-0.3, -0.25) is 0 Å². The fourth-order valence-corrected chi connectivity index (χ4v) is 1.85. The molecule has 1 nitrogen and oxygen atoms in total. The minimum Gasteiger partial charge on any atom is -0.483 e. The lowest BCUT2D eigenvalue weighted by atomic mass is 10.3. The Hall–Kier alpha value is -0.280. The van der Waals surface area contributed by atoms with E-state index in [0.29, 0.717) is 10.4 Å². The van der Waals surface area contributed by atoms with Gasteiger partial charge >= 0.3 is 0 Å². The molecule has 0 unspecified atom stereocenters. The summed E-state index contributed by atoms with van der Waals surface area (Å²) >= 11 is 8.92. The monoisotopic (exact) mass is 278 g/mol. The van der Waals surface area contributed by atoms with Crippen LogP contribution < -0.4 is 4.74 Å². The van der Waals surface area contributed by atoms with Crippen LogP contribution in [0, 0.1) is 5.82 Å². The molecule has 0 aromatic heterocycles. The zero-order chi connectivity index (χ0) is 10.2. The highest BCUT2D eigenvalue weighted by molar-refractivity contribution is 9.10. The average Bonchev–Trinajstić information content (AvgIpc) is 2.91. The summed E-state index contributed by atoms with van der Waals surface area (Å²) in [5.74, 6) is 0.352. The second-order valence-corrected chi connectivity index (χ2v) is 4.68. The minimum absolute atomic E-state index is 0.284. The van der Waals surface area contributed by atoms with Crippen molar-refractivity contribution in [1.82, 2.24) is 0 Å². The maximum absolute atomic E-state index is 13.3. The average molecular weight is 280 g/mol. The third-order valence-electron chi connectivity index (χ3n) is 2.27. The van der Waals surface area contributed by atoms with E-state index in [9.17, 15) is 4.39 Å². The molecule has 0 N–H and O–H groups in total. The molecule has 1 saturated carbocycles. The summed E-state index contributed by atoms with van der Waals surface area (Å²) < 4.78 is 19.6. The Morgan fingerprint density at radius 2 is 2.21 bits per heavy atom. The lowest BCUT2D eigenvalue weighted by molar-refractivity contribution is 0.194. The van der Waals surface area contributed by atoms with E-state index in [4.69, 9.17) is 16.3 Å². The van der Waals surface area contributed by atoms with Gasteiger partial charge in [-0.1, -0.05) is 15.9 Å². The van der Waals surface area contributed by atoms with Crippen LogP contribution in [0.3, 0.4) is 0 Å². The molecule has 1 fully saturated rings. The summed E-state index contributed by atoms with van der Waals surface area (Å²) in [6.07, 6.45) is 1.82. The SMILES string of the molecule is Fc1cc(Br)ccc1OC1(CCl)CC1. The molecular formula is C10H9BrClFO. The summed E-state index contributed by atoms with van der Waals surface area (Å²) in [6, 6.07) is 4.76. The first-order valence-corrected chi connectivity index (χ1v) is 5.68. The van der Waals surface area contributed by atoms with Crippen molar-refractivity contribution < 1.29 is 9.13 Å². The van der Waals surface area contributed by atoms with Crippen LogP contribution in [0.4, 0.5) is 4.39 Å². The second kappa shape index (κ2) is 3.70. The Balaban J connectivity index is 2.17. The Morgan fingerprint density at radius 1 is 1.50 bits per heavy atom. The molecular weight excluding hydrogens is 270 g/mol. The highest BCUT2D eigenvalue weighted by Crippen LogP contribution is 2.41. The topological polar surface area (TPSA) is 9.23 Å². The summed E-state index contributed by atoms with van der Waals surface area (Å²) in [5, 5.41) is 0. The van der Waals surface area contributed by atoms with E-state index in [1.165, 1.54) is 6.07 Å². The molecule has 0 spiro atoms. The van der Waals surface area contributed by atoms with Crippen LogP contribution in [-0.2, 0) is 0 Å². The Kier molecular flexibility index (Phi) is 2.71. The van der Waals surface area contributed by atoms with Gasteiger partial charge in [-0.25, -0.2) is 4.39 Å². The first-order valence-electron chi connectivity index (χ1n) is 4.35. The van der Waals surface area contributed by atoms with E-state index < -0.39 is 0 Å². The highest BCUT2D eigenvalue weighted by Gasteiger charge is 2.45. The second-order valence-electron chi connectivity index (χ2n) is 3.49. The van der Waals surface area contributed by atoms with E-state index in [2.05, 4.69) is 15.9 Å². The molecule has 0 bridgehead atoms. The molecule has 0 aliphatic heterocycles. The van der Waals surface area contributed by atoms with Gasteiger partial charge in [0, 0.05) is 4.47 Å². The first kappa shape index (κ1) is 10.2. The maximum Gasteiger partial charge on any atom is 0.166 e. The summed E-state index contributed by atoms with van der Waals surface area (Å²) in [7, 11) is 0. The molecule has 0 heterocycles. The molecule has 0 atom stereocenters. The molecule has 2 rings (SSSR count). The summed E-state index contributed by atoms with van der Waals surface area (Å²) in [6.45, 7) is 0. The van der Waals surface area contributed by atoms with E-state index in [1.807, 2.05) is 0 Å². The number of hydrogen-bond acceptors (Lipinski definition) is 1. The van der Waals surface area contributed by atoms with E-state index in [0.717, 1.165) is 12.8 Å². The van der Waals surface area contributed by atoms with E-state index in [-0.39, 0.29) is 17.2 Å². The lowest BCUT2D eigenvalue weighted by Gasteiger charge is -2.15. The van der Waals surface area contributed by atoms with Gasteiger partial charge in [-0.2, -0.15) is 0 Å². The van der Waals surface area contributed by atoms with Gasteiger partial charge in [0.25, 0.3) is 0 Å². The third-order valence-corrected chi connectivity index (χ3v) is 3.25. The van der Waals surface area contributed by atoms with Gasteiger partial charge in [-0.05, 0) is 31.0 Å². The van der Waals surface area contributed by atoms with Crippen LogP contribution in [0.25, 0.3) is 0 Å². The van der Waals surface area contributed by atoms with Gasteiger partial charge in [0.15, 0.2) is 11.6 Å². The molecule has 0 amide bonds. The standard InChI is InChI=1S/C10H9BrClFO/c11-7-1-2-9(8(13)5-7)14-10(6-12)3-4-10/h1-2,5H,3-4,6H2. The Morgan fingerprint density at radius 3 is 2.71 bits per heavy atom. The number of halogens is 3. The van der Waals surface area contributed by atoms with Crippen molar-refractivity contribution in [3.05, 3.63) is 28.5 Å². The minimum atomic E-state index is -0.351. The molecule has 0 radical (unpaired) electrons. The third kappa shape index (κ3) is 2.04. The maximum atomic E-state index is 13.3. The molecule has 4 heteroatoms. The predicted octanol–water partition coefficient (Wildman–Crippen LogP) is 3.74. The predicted molar refractivity (Wildman–Crippen MR) is 57.4 cm³/mol. The molecule has 76 valence electrons. The van der Waals surface area contributed by atoms with Gasteiger partial charge in [0.05, 0.1) is 5.88 Å². The van der Waals surface area contributed by atoms with Crippen molar-refractivity contribution in [3.8, 4) is 5.75 Å². The smallest absolute Gasteiger partial charge is 0.166 e. The number of alkyl halides is 1. The van der Waals surface area contributed by atoms with Crippen molar-refractivity contribution in [2.75, 3.05) is 5.88 Å². The number of ether oxygens (including phenoxy) is 1. The van der Waals surface area contributed by atoms with Crippen LogP contribution in [0.15, 0.2) is 22.7 Å². The zero-order valence-corrected chi connectivity index (χ0v) is 9.74. The lowest BCUT2D eigenvalue weighted by Crippen LogP contribution is -2.20. The molecule has 14 heavy (non-hydrogen) atoms. The molecule has 1 aliphatic rings. The van der Waals surface area contributed by atoms with Gasteiger partial charge < -0.3 is 4.74 Å². The molecule has 1 aromatic carbocycles. The van der Waals surface area contributed by atoms with Gasteiger partial charge in [0.1, 0.15) is 5.60 Å². The molecule has 0 saturated heterocycles. The first-order chi connectivity index (χ1) is 6.65. The van der Waals surface area contributed by atoms with Crippen LogP contribution >= 0.6 is 27.5 Å². The Labute approximate surface area is 95.3 Å². The molecule has 1 aliphatic carbocycles. The highest BCUT2D eigenvalue weighted by atomic mass is 79.9. The van der Waals surface area contributed by atoms with E-state index in [1.54, 1.807) is 12.1 Å². The number of benzene rings is 1. The Bertz CT molecular complexity index is 352. The quantitative estimate of drug-likeness (QED) is 0.766. The van der Waals surface area contributed by atoms with Gasteiger partial charge in [0.2, 0.25) is 0 Å². The largest absolute Gasteiger partial charge is 0.483 e. The molecule has 1 aromatic rings. The van der Waals surface area contributed by atoms with Crippen molar-refractivity contribution in [1.29, 1.82) is 0 Å².